The van der Waals surface area contributed by atoms with E-state index in [0.717, 1.165) is 55.4 Å². The largest absolute Gasteiger partial charge is 0.485 e. The highest BCUT2D eigenvalue weighted by atomic mass is 16.6. The monoisotopic (exact) mass is 288 g/mol. The molecule has 112 valence electrons. The first-order valence-electron chi connectivity index (χ1n) is 7.30. The van der Waals surface area contributed by atoms with Crippen LogP contribution in [0.25, 0.3) is 0 Å². The number of aryl methyl sites for hydroxylation is 1. The Labute approximate surface area is 124 Å². The zero-order valence-electron chi connectivity index (χ0n) is 12.2. The topological polar surface area (TPSA) is 63.4 Å². The molecule has 1 aliphatic heterocycles. The van der Waals surface area contributed by atoms with Gasteiger partial charge in [-0.2, -0.15) is 0 Å². The minimum Gasteiger partial charge on any atom is -0.485 e. The van der Waals surface area contributed by atoms with E-state index in [-0.39, 0.29) is 0 Å². The van der Waals surface area contributed by atoms with Crippen molar-refractivity contribution in [2.45, 2.75) is 20.0 Å². The normalized spacial score (nSPS) is 15.8. The molecule has 2 aromatic rings. The maximum atomic E-state index is 5.93. The van der Waals surface area contributed by atoms with Crippen LogP contribution in [0.5, 0.6) is 5.75 Å². The van der Waals surface area contributed by atoms with Crippen LogP contribution in [0.1, 0.15) is 17.8 Å². The van der Waals surface area contributed by atoms with E-state index in [4.69, 9.17) is 9.37 Å². The number of rotatable bonds is 4. The van der Waals surface area contributed by atoms with Gasteiger partial charge in [-0.25, -0.2) is 4.63 Å². The Balaban J connectivity index is 1.74. The molecule has 0 unspecified atom stereocenters. The smallest absolute Gasteiger partial charge is 0.145 e. The van der Waals surface area contributed by atoms with Gasteiger partial charge in [0.15, 0.2) is 0 Å². The van der Waals surface area contributed by atoms with Crippen LogP contribution < -0.4 is 15.0 Å². The molecular weight excluding hydrogens is 268 g/mol. The van der Waals surface area contributed by atoms with Gasteiger partial charge in [-0.05, 0) is 32.0 Å². The van der Waals surface area contributed by atoms with Crippen molar-refractivity contribution in [2.24, 2.45) is 0 Å². The van der Waals surface area contributed by atoms with E-state index in [2.05, 4.69) is 26.6 Å². The summed E-state index contributed by atoms with van der Waals surface area (Å²) >= 11 is 0. The van der Waals surface area contributed by atoms with Crippen LogP contribution in [0.2, 0.25) is 0 Å². The lowest BCUT2D eigenvalue weighted by atomic mass is 10.2. The number of hydrogen-bond donors (Lipinski definition) is 1. The van der Waals surface area contributed by atoms with Gasteiger partial charge in [0.05, 0.1) is 5.69 Å². The maximum Gasteiger partial charge on any atom is 0.145 e. The summed E-state index contributed by atoms with van der Waals surface area (Å²) in [5.41, 5.74) is 2.64. The molecule has 1 fully saturated rings. The summed E-state index contributed by atoms with van der Waals surface area (Å²) < 4.78 is 10.6. The Bertz CT molecular complexity index is 577. The second-order valence-corrected chi connectivity index (χ2v) is 5.14. The average molecular weight is 288 g/mol. The second kappa shape index (κ2) is 6.58. The first kappa shape index (κ1) is 13.9. The zero-order chi connectivity index (χ0) is 14.5. The molecule has 0 spiro atoms. The van der Waals surface area contributed by atoms with Crippen LogP contribution in [0.4, 0.5) is 5.69 Å². The minimum atomic E-state index is 0.373. The number of anilines is 1. The summed E-state index contributed by atoms with van der Waals surface area (Å²) in [6, 6.07) is 8.14. The van der Waals surface area contributed by atoms with E-state index in [1.807, 2.05) is 25.1 Å². The Hall–Kier alpha value is -2.08. The van der Waals surface area contributed by atoms with Gasteiger partial charge in [-0.15, -0.1) is 0 Å². The Kier molecular flexibility index (Phi) is 4.35. The lowest BCUT2D eigenvalue weighted by Crippen LogP contribution is -2.28. The fourth-order valence-corrected chi connectivity index (χ4v) is 2.45. The molecule has 21 heavy (non-hydrogen) atoms. The highest BCUT2D eigenvalue weighted by Crippen LogP contribution is 2.29. The molecule has 2 heterocycles. The molecule has 3 rings (SSSR count). The highest BCUT2D eigenvalue weighted by Gasteiger charge is 2.14. The van der Waals surface area contributed by atoms with Gasteiger partial charge in [-0.3, -0.25) is 0 Å². The number of benzene rings is 1. The summed E-state index contributed by atoms with van der Waals surface area (Å²) in [6.07, 6.45) is 1.14. The predicted molar refractivity (Wildman–Crippen MR) is 79.5 cm³/mol. The van der Waals surface area contributed by atoms with Gasteiger partial charge < -0.3 is 15.0 Å². The van der Waals surface area contributed by atoms with Crippen molar-refractivity contribution in [3.63, 3.8) is 0 Å². The van der Waals surface area contributed by atoms with Gasteiger partial charge in [0.2, 0.25) is 0 Å². The fraction of sp³-hybridized carbons (Fsp3) is 0.467. The molecule has 1 saturated heterocycles. The van der Waals surface area contributed by atoms with E-state index >= 15 is 0 Å². The van der Waals surface area contributed by atoms with Gasteiger partial charge in [0.1, 0.15) is 23.7 Å². The van der Waals surface area contributed by atoms with Crippen molar-refractivity contribution in [1.82, 2.24) is 15.6 Å². The molecule has 1 aromatic heterocycles. The molecule has 1 aliphatic rings. The second-order valence-electron chi connectivity index (χ2n) is 5.14. The van der Waals surface area contributed by atoms with E-state index in [1.54, 1.807) is 0 Å². The average Bonchev–Trinajstić information content (AvgIpc) is 2.77. The van der Waals surface area contributed by atoms with Crippen LogP contribution in [-0.4, -0.2) is 36.5 Å². The molecule has 6 heteroatoms. The lowest BCUT2D eigenvalue weighted by molar-refractivity contribution is 0.270. The fourth-order valence-electron chi connectivity index (χ4n) is 2.45. The number of nitrogens with one attached hydrogen (secondary N) is 1. The molecule has 6 nitrogen and oxygen atoms in total. The summed E-state index contributed by atoms with van der Waals surface area (Å²) in [5, 5.41) is 11.0. The van der Waals surface area contributed by atoms with Crippen LogP contribution in [0.3, 0.4) is 0 Å². The first-order chi connectivity index (χ1) is 10.3. The van der Waals surface area contributed by atoms with Crippen molar-refractivity contribution < 1.29 is 9.37 Å². The molecule has 0 saturated carbocycles. The Morgan fingerprint density at radius 2 is 2.14 bits per heavy atom. The van der Waals surface area contributed by atoms with E-state index in [1.165, 1.54) is 0 Å². The van der Waals surface area contributed by atoms with Crippen LogP contribution in [0.15, 0.2) is 28.9 Å². The quantitative estimate of drug-likeness (QED) is 0.925. The zero-order valence-corrected chi connectivity index (χ0v) is 12.2. The summed E-state index contributed by atoms with van der Waals surface area (Å²) in [4.78, 5) is 2.36. The van der Waals surface area contributed by atoms with Crippen molar-refractivity contribution in [1.29, 1.82) is 0 Å². The van der Waals surface area contributed by atoms with Gasteiger partial charge in [0.25, 0.3) is 0 Å². The summed E-state index contributed by atoms with van der Waals surface area (Å²) in [7, 11) is 0. The van der Waals surface area contributed by atoms with Crippen molar-refractivity contribution in [2.75, 3.05) is 31.1 Å². The molecule has 0 aliphatic carbocycles. The van der Waals surface area contributed by atoms with Gasteiger partial charge in [0, 0.05) is 19.6 Å². The molecule has 1 N–H and O–H groups in total. The van der Waals surface area contributed by atoms with E-state index < -0.39 is 0 Å². The lowest BCUT2D eigenvalue weighted by Gasteiger charge is -2.24. The molecule has 0 radical (unpaired) electrons. The first-order valence-corrected chi connectivity index (χ1v) is 7.30. The minimum absolute atomic E-state index is 0.373. The van der Waals surface area contributed by atoms with Crippen molar-refractivity contribution in [3.8, 4) is 5.75 Å². The standard InChI is InChI=1S/C15H20N4O2/c1-12-13(18-21-17-12)11-20-15-6-3-2-5-14(15)19-9-4-7-16-8-10-19/h2-3,5-6,16H,4,7-11H2,1H3. The molecule has 0 bridgehead atoms. The summed E-state index contributed by atoms with van der Waals surface area (Å²) in [6.45, 7) is 6.34. The molecular formula is C15H20N4O2. The molecule has 1 aromatic carbocycles. The van der Waals surface area contributed by atoms with Crippen LogP contribution >= 0.6 is 0 Å². The van der Waals surface area contributed by atoms with Crippen molar-refractivity contribution in [3.05, 3.63) is 35.7 Å². The molecule has 0 atom stereocenters. The molecule has 0 amide bonds. The maximum absolute atomic E-state index is 5.93. The Morgan fingerprint density at radius 1 is 1.24 bits per heavy atom. The third kappa shape index (κ3) is 3.33. The predicted octanol–water partition coefficient (Wildman–Crippen LogP) is 1.76. The third-order valence-corrected chi connectivity index (χ3v) is 3.66. The third-order valence-electron chi connectivity index (χ3n) is 3.66. The van der Waals surface area contributed by atoms with E-state index in [0.29, 0.717) is 6.61 Å². The van der Waals surface area contributed by atoms with Gasteiger partial charge >= 0.3 is 0 Å². The van der Waals surface area contributed by atoms with Crippen LogP contribution in [0, 0.1) is 6.92 Å². The van der Waals surface area contributed by atoms with Crippen molar-refractivity contribution >= 4 is 5.69 Å². The number of nitrogens with zero attached hydrogens (tertiary/aromatic N) is 3. The highest BCUT2D eigenvalue weighted by molar-refractivity contribution is 5.58. The number of hydrogen-bond acceptors (Lipinski definition) is 6. The number of aromatic nitrogens is 2. The van der Waals surface area contributed by atoms with Crippen LogP contribution in [-0.2, 0) is 6.61 Å². The number of ether oxygens (including phenoxy) is 1. The van der Waals surface area contributed by atoms with E-state index in [9.17, 15) is 0 Å². The number of para-hydroxylation sites is 2. The summed E-state index contributed by atoms with van der Waals surface area (Å²) in [5.74, 6) is 0.877. The van der Waals surface area contributed by atoms with Gasteiger partial charge in [-0.1, -0.05) is 22.4 Å². The SMILES string of the molecule is Cc1nonc1COc1ccccc1N1CCCNCC1. The Morgan fingerprint density at radius 3 is 3.00 bits per heavy atom.